The molecule has 0 saturated heterocycles. The summed E-state index contributed by atoms with van der Waals surface area (Å²) in [5, 5.41) is 23.7. The van der Waals surface area contributed by atoms with E-state index in [2.05, 4.69) is 12.2 Å². The average molecular weight is 377 g/mol. The maximum atomic E-state index is 9.60. The molecular formula is C17H29O6Ti-. The van der Waals surface area contributed by atoms with Crippen LogP contribution in [-0.2, 0) is 36.1 Å². The molecule has 0 spiro atoms. The van der Waals surface area contributed by atoms with Gasteiger partial charge in [0, 0.05) is 41.0 Å². The molecule has 0 amide bonds. The maximum Gasteiger partial charge on any atom is 0.303 e. The molecule has 0 aromatic heterocycles. The molecule has 1 aliphatic carbocycles. The van der Waals surface area contributed by atoms with Gasteiger partial charge in [0.05, 0.1) is 0 Å². The maximum absolute atomic E-state index is 9.60. The molecule has 1 aliphatic rings. The standard InChI is InChI=1S/C5H5.3C4H8O2.Ti/c1-2-4-5-3-1;3*1-2-3-4(5)6;/h1-3H,4H2;3*2-3H2,1H3,(H,5,6);/q-1;;;;. The molecule has 0 unspecified atom stereocenters. The first-order chi connectivity index (χ1) is 10.8. The molecule has 0 aliphatic heterocycles. The fourth-order valence-electron chi connectivity index (χ4n) is 0.982. The van der Waals surface area contributed by atoms with Crippen LogP contribution in [0.4, 0.5) is 0 Å². The van der Waals surface area contributed by atoms with Crippen molar-refractivity contribution >= 4 is 17.9 Å². The number of aliphatic carboxylic acids is 3. The van der Waals surface area contributed by atoms with E-state index < -0.39 is 17.9 Å². The van der Waals surface area contributed by atoms with Gasteiger partial charge >= 0.3 is 17.9 Å². The zero-order valence-electron chi connectivity index (χ0n) is 14.7. The number of hydrogen-bond acceptors (Lipinski definition) is 3. The summed E-state index contributed by atoms with van der Waals surface area (Å²) in [4.78, 5) is 28.8. The van der Waals surface area contributed by atoms with Crippen LogP contribution in [-0.4, -0.2) is 33.2 Å². The Bertz CT molecular complexity index is 316. The third-order valence-corrected chi connectivity index (χ3v) is 1.98. The largest absolute Gasteiger partial charge is 0.481 e. The summed E-state index contributed by atoms with van der Waals surface area (Å²) in [7, 11) is 0. The van der Waals surface area contributed by atoms with Crippen LogP contribution in [0.2, 0.25) is 0 Å². The summed E-state index contributed by atoms with van der Waals surface area (Å²) < 4.78 is 0. The fraction of sp³-hybridized carbons (Fsp3) is 0.588. The minimum Gasteiger partial charge on any atom is -0.481 e. The number of rotatable bonds is 6. The van der Waals surface area contributed by atoms with Gasteiger partial charge in [-0.05, 0) is 19.3 Å². The van der Waals surface area contributed by atoms with E-state index in [9.17, 15) is 14.4 Å². The molecule has 0 heterocycles. The van der Waals surface area contributed by atoms with Crippen LogP contribution < -0.4 is 0 Å². The van der Waals surface area contributed by atoms with Gasteiger partial charge in [0.2, 0.25) is 0 Å². The van der Waals surface area contributed by atoms with E-state index >= 15 is 0 Å². The molecule has 3 N–H and O–H groups in total. The van der Waals surface area contributed by atoms with E-state index in [0.717, 1.165) is 25.7 Å². The number of carboxylic acids is 3. The van der Waals surface area contributed by atoms with Crippen molar-refractivity contribution in [2.75, 3.05) is 0 Å². The van der Waals surface area contributed by atoms with Gasteiger partial charge in [-0.1, -0.05) is 20.8 Å². The van der Waals surface area contributed by atoms with Crippen molar-refractivity contribution < 1.29 is 51.4 Å². The first kappa shape index (κ1) is 30.5. The summed E-state index contributed by atoms with van der Waals surface area (Å²) in [6, 6.07) is 0. The molecule has 6 nitrogen and oxygen atoms in total. The van der Waals surface area contributed by atoms with Crippen molar-refractivity contribution in [1.82, 2.24) is 0 Å². The van der Waals surface area contributed by atoms with Gasteiger partial charge in [-0.2, -0.15) is 6.08 Å². The van der Waals surface area contributed by atoms with Crippen LogP contribution in [0.3, 0.4) is 0 Å². The summed E-state index contributed by atoms with van der Waals surface area (Å²) in [5.74, 6) is -2.13. The van der Waals surface area contributed by atoms with Gasteiger partial charge in [-0.3, -0.25) is 20.5 Å². The molecule has 0 aromatic carbocycles. The van der Waals surface area contributed by atoms with Crippen molar-refractivity contribution in [3.05, 3.63) is 24.3 Å². The first-order valence-electron chi connectivity index (χ1n) is 7.68. The molecule has 138 valence electrons. The number of carbonyl (C=O) groups is 3. The van der Waals surface area contributed by atoms with Crippen molar-refractivity contribution in [2.45, 2.75) is 65.7 Å². The second kappa shape index (κ2) is 26.5. The van der Waals surface area contributed by atoms with Crippen molar-refractivity contribution in [3.63, 3.8) is 0 Å². The Morgan fingerprint density at radius 2 is 1.17 bits per heavy atom. The minimum absolute atomic E-state index is 0. The topological polar surface area (TPSA) is 112 Å². The zero-order chi connectivity index (χ0) is 18.5. The van der Waals surface area contributed by atoms with Gasteiger partial charge in [-0.25, -0.2) is 12.2 Å². The van der Waals surface area contributed by atoms with Crippen molar-refractivity contribution in [2.24, 2.45) is 0 Å². The van der Waals surface area contributed by atoms with Gasteiger partial charge in [0.15, 0.2) is 0 Å². The molecule has 0 saturated carbocycles. The summed E-state index contributed by atoms with van der Waals surface area (Å²) in [5.41, 5.74) is 0. The molecular weight excluding hydrogens is 348 g/mol. The van der Waals surface area contributed by atoms with E-state index in [1.807, 2.05) is 32.9 Å². The molecule has 0 bridgehead atoms. The van der Waals surface area contributed by atoms with Gasteiger partial charge < -0.3 is 15.3 Å². The minimum atomic E-state index is -0.711. The zero-order valence-corrected chi connectivity index (χ0v) is 16.3. The van der Waals surface area contributed by atoms with E-state index in [1.165, 1.54) is 0 Å². The SMILES string of the molecule is CCCC(=O)O.CCCC(=O)O.CCCC(=O)O.[C-]1=CC=CC1.[Ti]. The summed E-state index contributed by atoms with van der Waals surface area (Å²) >= 11 is 0. The Morgan fingerprint density at radius 1 is 0.833 bits per heavy atom. The second-order valence-electron chi connectivity index (χ2n) is 4.43. The van der Waals surface area contributed by atoms with E-state index in [-0.39, 0.29) is 21.7 Å². The molecule has 0 radical (unpaired) electrons. The van der Waals surface area contributed by atoms with Crippen LogP contribution in [0, 0.1) is 6.08 Å². The van der Waals surface area contributed by atoms with Crippen LogP contribution in [0.25, 0.3) is 0 Å². The van der Waals surface area contributed by atoms with Gasteiger partial charge in [-0.15, -0.1) is 6.42 Å². The quantitative estimate of drug-likeness (QED) is 0.478. The number of allylic oxidation sites excluding steroid dienone is 4. The molecule has 1 rings (SSSR count). The Balaban J connectivity index is -0.000000110. The van der Waals surface area contributed by atoms with E-state index in [1.54, 1.807) is 0 Å². The van der Waals surface area contributed by atoms with E-state index in [4.69, 9.17) is 15.3 Å². The average Bonchev–Trinajstić information content (AvgIpc) is 2.98. The molecule has 24 heavy (non-hydrogen) atoms. The Hall–Kier alpha value is -1.40. The second-order valence-corrected chi connectivity index (χ2v) is 4.43. The van der Waals surface area contributed by atoms with Gasteiger partial charge in [0.25, 0.3) is 0 Å². The molecule has 0 aromatic rings. The van der Waals surface area contributed by atoms with E-state index in [0.29, 0.717) is 19.3 Å². The van der Waals surface area contributed by atoms with Crippen molar-refractivity contribution in [1.29, 1.82) is 0 Å². The number of hydrogen-bond donors (Lipinski definition) is 3. The molecule has 0 fully saturated rings. The predicted molar refractivity (Wildman–Crippen MR) is 89.2 cm³/mol. The first-order valence-corrected chi connectivity index (χ1v) is 7.68. The summed E-state index contributed by atoms with van der Waals surface area (Å²) in [6.07, 6.45) is 13.1. The van der Waals surface area contributed by atoms with Crippen LogP contribution in [0.5, 0.6) is 0 Å². The Morgan fingerprint density at radius 3 is 1.21 bits per heavy atom. The Kier molecular flexibility index (Phi) is 33.7. The van der Waals surface area contributed by atoms with Crippen molar-refractivity contribution in [3.8, 4) is 0 Å². The number of carboxylic acid groups (broad SMARTS) is 3. The summed E-state index contributed by atoms with van der Waals surface area (Å²) in [6.45, 7) is 5.52. The Labute approximate surface area is 159 Å². The fourth-order valence-corrected chi connectivity index (χ4v) is 0.982. The monoisotopic (exact) mass is 377 g/mol. The van der Waals surface area contributed by atoms with Crippen LogP contribution in [0.15, 0.2) is 18.2 Å². The van der Waals surface area contributed by atoms with Crippen LogP contribution >= 0.6 is 0 Å². The van der Waals surface area contributed by atoms with Crippen LogP contribution in [0.1, 0.15) is 65.7 Å². The normalized spacial score (nSPS) is 9.79. The smallest absolute Gasteiger partial charge is 0.303 e. The third kappa shape index (κ3) is 49.8. The molecule has 7 heteroatoms. The predicted octanol–water partition coefficient (Wildman–Crippen LogP) is 3.92. The van der Waals surface area contributed by atoms with Gasteiger partial charge in [0.1, 0.15) is 0 Å². The molecule has 0 atom stereocenters. The third-order valence-electron chi connectivity index (χ3n) is 1.98.